The van der Waals surface area contributed by atoms with Crippen LogP contribution < -0.4 is 0 Å². The SMILES string of the molecule is COC(=O)Cc1cc(Br)c(Cl)c(C(F)(F)F)c1. The van der Waals surface area contributed by atoms with Gasteiger partial charge in [-0.15, -0.1) is 0 Å². The summed E-state index contributed by atoms with van der Waals surface area (Å²) in [5, 5.41) is -0.425. The standard InChI is InChI=1S/C10H7BrClF3O2/c1-17-8(16)4-5-2-6(10(13,14)15)9(12)7(11)3-5/h2-3H,4H2,1H3. The van der Waals surface area contributed by atoms with Gasteiger partial charge >= 0.3 is 12.1 Å². The number of hydrogen-bond acceptors (Lipinski definition) is 2. The van der Waals surface area contributed by atoms with E-state index in [-0.39, 0.29) is 16.5 Å². The predicted octanol–water partition coefficient (Wildman–Crippen LogP) is 3.84. The molecular formula is C10H7BrClF3O2. The molecule has 0 heterocycles. The Morgan fingerprint density at radius 3 is 2.53 bits per heavy atom. The van der Waals surface area contributed by atoms with Crippen molar-refractivity contribution in [2.24, 2.45) is 0 Å². The second-order valence-corrected chi connectivity index (χ2v) is 4.42. The van der Waals surface area contributed by atoms with Crippen LogP contribution in [0.15, 0.2) is 16.6 Å². The van der Waals surface area contributed by atoms with Crippen molar-refractivity contribution in [1.82, 2.24) is 0 Å². The van der Waals surface area contributed by atoms with E-state index >= 15 is 0 Å². The number of benzene rings is 1. The second-order valence-electron chi connectivity index (χ2n) is 3.19. The van der Waals surface area contributed by atoms with Crippen molar-refractivity contribution in [3.63, 3.8) is 0 Å². The highest BCUT2D eigenvalue weighted by molar-refractivity contribution is 9.10. The van der Waals surface area contributed by atoms with Gasteiger partial charge in [0, 0.05) is 4.47 Å². The molecule has 0 fully saturated rings. The van der Waals surface area contributed by atoms with Crippen LogP contribution in [-0.2, 0) is 22.1 Å². The Balaban J connectivity index is 3.20. The Bertz CT molecular complexity index is 446. The van der Waals surface area contributed by atoms with Gasteiger partial charge in [-0.3, -0.25) is 4.79 Å². The average molecular weight is 332 g/mol. The third-order valence-electron chi connectivity index (χ3n) is 1.97. The van der Waals surface area contributed by atoms with Crippen molar-refractivity contribution in [2.75, 3.05) is 7.11 Å². The molecule has 0 saturated carbocycles. The molecule has 0 aliphatic rings. The minimum atomic E-state index is -4.56. The number of alkyl halides is 3. The number of carbonyl (C=O) groups excluding carboxylic acids is 1. The molecule has 2 nitrogen and oxygen atoms in total. The van der Waals surface area contributed by atoms with E-state index < -0.39 is 22.7 Å². The summed E-state index contributed by atoms with van der Waals surface area (Å²) in [6, 6.07) is 2.19. The maximum Gasteiger partial charge on any atom is 0.417 e. The van der Waals surface area contributed by atoms with E-state index in [4.69, 9.17) is 11.6 Å². The van der Waals surface area contributed by atoms with Crippen LogP contribution in [0.5, 0.6) is 0 Å². The quantitative estimate of drug-likeness (QED) is 0.770. The highest BCUT2D eigenvalue weighted by atomic mass is 79.9. The number of carbonyl (C=O) groups is 1. The zero-order chi connectivity index (χ0) is 13.2. The summed E-state index contributed by atoms with van der Waals surface area (Å²) in [5.74, 6) is -0.618. The number of hydrogen-bond donors (Lipinski definition) is 0. The molecule has 7 heteroatoms. The number of ether oxygens (including phenoxy) is 1. The molecule has 0 aromatic heterocycles. The number of halogens is 5. The molecular weight excluding hydrogens is 324 g/mol. The number of esters is 1. The molecule has 0 bridgehead atoms. The van der Waals surface area contributed by atoms with Gasteiger partial charge in [0.2, 0.25) is 0 Å². The minimum absolute atomic E-state index is 0.0906. The number of rotatable bonds is 2. The van der Waals surface area contributed by atoms with Crippen LogP contribution in [0.25, 0.3) is 0 Å². The molecule has 0 saturated heterocycles. The summed E-state index contributed by atoms with van der Waals surface area (Å²) >= 11 is 8.45. The van der Waals surface area contributed by atoms with E-state index in [2.05, 4.69) is 20.7 Å². The van der Waals surface area contributed by atoms with E-state index in [0.717, 1.165) is 13.2 Å². The lowest BCUT2D eigenvalue weighted by atomic mass is 10.1. The van der Waals surface area contributed by atoms with Gasteiger partial charge in [-0.05, 0) is 33.6 Å². The fourth-order valence-corrected chi connectivity index (χ4v) is 1.92. The van der Waals surface area contributed by atoms with E-state index in [1.54, 1.807) is 0 Å². The van der Waals surface area contributed by atoms with Crippen molar-refractivity contribution >= 4 is 33.5 Å². The van der Waals surface area contributed by atoms with Gasteiger partial charge in [0.15, 0.2) is 0 Å². The summed E-state index contributed by atoms with van der Waals surface area (Å²) in [7, 11) is 1.16. The Hall–Kier alpha value is -0.750. The maximum atomic E-state index is 12.6. The molecule has 0 N–H and O–H groups in total. The van der Waals surface area contributed by atoms with Crippen molar-refractivity contribution in [3.8, 4) is 0 Å². The van der Waals surface area contributed by atoms with Crippen LogP contribution in [0.2, 0.25) is 5.02 Å². The van der Waals surface area contributed by atoms with Gasteiger partial charge in [0.1, 0.15) is 0 Å². The van der Waals surface area contributed by atoms with Gasteiger partial charge in [0.05, 0.1) is 24.1 Å². The Morgan fingerprint density at radius 1 is 1.47 bits per heavy atom. The molecule has 1 rings (SSSR count). The lowest BCUT2D eigenvalue weighted by molar-refractivity contribution is -0.140. The first-order chi connectivity index (χ1) is 7.75. The van der Waals surface area contributed by atoms with Crippen molar-refractivity contribution in [3.05, 3.63) is 32.8 Å². The molecule has 0 radical (unpaired) electrons. The molecule has 1 aromatic rings. The molecule has 0 atom stereocenters. The predicted molar refractivity (Wildman–Crippen MR) is 59.9 cm³/mol. The van der Waals surface area contributed by atoms with Gasteiger partial charge in [-0.25, -0.2) is 0 Å². The first-order valence-electron chi connectivity index (χ1n) is 4.37. The first kappa shape index (κ1) is 14.3. The molecule has 1 aromatic carbocycles. The normalized spacial score (nSPS) is 11.4. The monoisotopic (exact) mass is 330 g/mol. The molecule has 0 spiro atoms. The zero-order valence-corrected chi connectivity index (χ0v) is 10.9. The molecule has 0 aliphatic carbocycles. The zero-order valence-electron chi connectivity index (χ0n) is 8.57. The number of methoxy groups -OCH3 is 1. The van der Waals surface area contributed by atoms with E-state index in [9.17, 15) is 18.0 Å². The van der Waals surface area contributed by atoms with Crippen LogP contribution in [0.4, 0.5) is 13.2 Å². The van der Waals surface area contributed by atoms with E-state index in [1.165, 1.54) is 6.07 Å². The summed E-state index contributed by atoms with van der Waals surface area (Å²) in [6.07, 6.45) is -4.80. The maximum absolute atomic E-state index is 12.6. The molecule has 0 amide bonds. The third kappa shape index (κ3) is 3.61. The van der Waals surface area contributed by atoms with Gasteiger partial charge < -0.3 is 4.74 Å². The fraction of sp³-hybridized carbons (Fsp3) is 0.300. The summed E-state index contributed by atoms with van der Waals surface area (Å²) in [6.45, 7) is 0. The largest absolute Gasteiger partial charge is 0.469 e. The van der Waals surface area contributed by atoms with Crippen LogP contribution in [0, 0.1) is 0 Å². The molecule has 94 valence electrons. The van der Waals surface area contributed by atoms with Gasteiger partial charge in [-0.2, -0.15) is 13.2 Å². The topological polar surface area (TPSA) is 26.3 Å². The van der Waals surface area contributed by atoms with Crippen LogP contribution in [0.3, 0.4) is 0 Å². The van der Waals surface area contributed by atoms with E-state index in [0.29, 0.717) is 0 Å². The van der Waals surface area contributed by atoms with Crippen molar-refractivity contribution in [1.29, 1.82) is 0 Å². The van der Waals surface area contributed by atoms with E-state index in [1.807, 2.05) is 0 Å². The second kappa shape index (κ2) is 5.27. The van der Waals surface area contributed by atoms with Crippen LogP contribution >= 0.6 is 27.5 Å². The van der Waals surface area contributed by atoms with Crippen molar-refractivity contribution in [2.45, 2.75) is 12.6 Å². The van der Waals surface area contributed by atoms with Crippen LogP contribution in [0.1, 0.15) is 11.1 Å². The van der Waals surface area contributed by atoms with Crippen LogP contribution in [-0.4, -0.2) is 13.1 Å². The molecule has 0 aliphatic heterocycles. The molecule has 17 heavy (non-hydrogen) atoms. The van der Waals surface area contributed by atoms with Crippen molar-refractivity contribution < 1.29 is 22.7 Å². The highest BCUT2D eigenvalue weighted by Gasteiger charge is 2.34. The summed E-state index contributed by atoms with van der Waals surface area (Å²) < 4.78 is 42.3. The molecule has 0 unspecified atom stereocenters. The van der Waals surface area contributed by atoms with Gasteiger partial charge in [-0.1, -0.05) is 11.6 Å². The first-order valence-corrected chi connectivity index (χ1v) is 5.54. The average Bonchev–Trinajstić information content (AvgIpc) is 2.21. The summed E-state index contributed by atoms with van der Waals surface area (Å²) in [4.78, 5) is 11.0. The minimum Gasteiger partial charge on any atom is -0.469 e. The Labute approximate surface area is 109 Å². The lowest BCUT2D eigenvalue weighted by Gasteiger charge is -2.12. The fourth-order valence-electron chi connectivity index (χ4n) is 1.19. The Kier molecular flexibility index (Phi) is 4.43. The third-order valence-corrected chi connectivity index (χ3v) is 3.23. The summed E-state index contributed by atoms with van der Waals surface area (Å²) in [5.41, 5.74) is -0.798. The Morgan fingerprint density at radius 2 is 2.06 bits per heavy atom. The lowest BCUT2D eigenvalue weighted by Crippen LogP contribution is -2.10. The smallest absolute Gasteiger partial charge is 0.417 e. The van der Waals surface area contributed by atoms with Gasteiger partial charge in [0.25, 0.3) is 0 Å². The highest BCUT2D eigenvalue weighted by Crippen LogP contribution is 2.39.